The van der Waals surface area contributed by atoms with Gasteiger partial charge in [0.05, 0.1) is 12.2 Å². The molecule has 0 spiro atoms. The van der Waals surface area contributed by atoms with E-state index in [1.807, 2.05) is 6.92 Å². The molecule has 1 rings (SSSR count). The van der Waals surface area contributed by atoms with E-state index >= 15 is 0 Å². The first-order valence-electron chi connectivity index (χ1n) is 4.30. The molecule has 1 aliphatic rings. The molecule has 0 amide bonds. The van der Waals surface area contributed by atoms with Crippen LogP contribution in [0.5, 0.6) is 0 Å². The SMILES string of the molecule is C[C@H]1C[C@H](OP(=O)(O)O)CC[C@@H]1O. The molecule has 0 unspecified atom stereocenters. The fraction of sp³-hybridized carbons (Fsp3) is 1.00. The highest BCUT2D eigenvalue weighted by Gasteiger charge is 2.30. The zero-order chi connectivity index (χ0) is 10.1. The molecule has 5 nitrogen and oxygen atoms in total. The number of hydrogen-bond donors (Lipinski definition) is 3. The summed E-state index contributed by atoms with van der Waals surface area (Å²) in [5.74, 6) is 0.0466. The van der Waals surface area contributed by atoms with E-state index in [-0.39, 0.29) is 12.0 Å². The van der Waals surface area contributed by atoms with Crippen molar-refractivity contribution in [2.24, 2.45) is 5.92 Å². The smallest absolute Gasteiger partial charge is 0.393 e. The normalized spacial score (nSPS) is 36.2. The Bertz CT molecular complexity index is 213. The molecule has 0 heterocycles. The largest absolute Gasteiger partial charge is 0.469 e. The van der Waals surface area contributed by atoms with Gasteiger partial charge in [-0.05, 0) is 25.2 Å². The molecule has 0 aromatic heterocycles. The third kappa shape index (κ3) is 3.75. The summed E-state index contributed by atoms with van der Waals surface area (Å²) in [5, 5.41) is 9.34. The van der Waals surface area contributed by atoms with Crippen molar-refractivity contribution in [2.75, 3.05) is 0 Å². The molecule has 0 saturated heterocycles. The maximum absolute atomic E-state index is 10.5. The number of rotatable bonds is 2. The van der Waals surface area contributed by atoms with Crippen LogP contribution in [0.15, 0.2) is 0 Å². The molecule has 13 heavy (non-hydrogen) atoms. The predicted molar refractivity (Wildman–Crippen MR) is 45.9 cm³/mol. The van der Waals surface area contributed by atoms with Crippen LogP contribution in [-0.4, -0.2) is 27.1 Å². The van der Waals surface area contributed by atoms with Gasteiger partial charge in [0.1, 0.15) is 0 Å². The van der Waals surface area contributed by atoms with E-state index in [2.05, 4.69) is 4.52 Å². The van der Waals surface area contributed by atoms with Gasteiger partial charge in [-0.25, -0.2) is 4.57 Å². The molecule has 0 aromatic carbocycles. The standard InChI is InChI=1S/C7H15O5P/c1-5-4-6(2-3-7(5)8)12-13(9,10)11/h5-8H,2-4H2,1H3,(H2,9,10,11)/t5-,6+,7-/m0/s1. The van der Waals surface area contributed by atoms with Crippen molar-refractivity contribution in [1.82, 2.24) is 0 Å². The Morgan fingerprint density at radius 2 is 2.00 bits per heavy atom. The van der Waals surface area contributed by atoms with Crippen LogP contribution in [0.3, 0.4) is 0 Å². The predicted octanol–water partition coefficient (Wildman–Crippen LogP) is 0.645. The first-order chi connectivity index (χ1) is 5.88. The first kappa shape index (κ1) is 11.1. The summed E-state index contributed by atoms with van der Waals surface area (Å²) >= 11 is 0. The average Bonchev–Trinajstić information content (AvgIpc) is 1.94. The lowest BCUT2D eigenvalue weighted by Gasteiger charge is -2.30. The lowest BCUT2D eigenvalue weighted by molar-refractivity contribution is 0.0128. The van der Waals surface area contributed by atoms with Gasteiger partial charge in [-0.15, -0.1) is 0 Å². The molecule has 1 fully saturated rings. The van der Waals surface area contributed by atoms with Crippen molar-refractivity contribution in [3.8, 4) is 0 Å². The van der Waals surface area contributed by atoms with Gasteiger partial charge in [-0.1, -0.05) is 6.92 Å². The molecular weight excluding hydrogens is 195 g/mol. The van der Waals surface area contributed by atoms with E-state index < -0.39 is 13.9 Å². The van der Waals surface area contributed by atoms with Crippen molar-refractivity contribution in [3.05, 3.63) is 0 Å². The van der Waals surface area contributed by atoms with Crippen LogP contribution < -0.4 is 0 Å². The summed E-state index contributed by atoms with van der Waals surface area (Å²) in [4.78, 5) is 17.1. The van der Waals surface area contributed by atoms with Gasteiger partial charge >= 0.3 is 7.82 Å². The molecular formula is C7H15O5P. The highest BCUT2D eigenvalue weighted by atomic mass is 31.2. The highest BCUT2D eigenvalue weighted by molar-refractivity contribution is 7.46. The van der Waals surface area contributed by atoms with Crippen LogP contribution in [0.2, 0.25) is 0 Å². The summed E-state index contributed by atoms with van der Waals surface area (Å²) < 4.78 is 15.1. The van der Waals surface area contributed by atoms with E-state index in [9.17, 15) is 9.67 Å². The summed E-state index contributed by atoms with van der Waals surface area (Å²) in [5.41, 5.74) is 0. The van der Waals surface area contributed by atoms with E-state index in [0.29, 0.717) is 19.3 Å². The van der Waals surface area contributed by atoms with Gasteiger partial charge in [0, 0.05) is 0 Å². The molecule has 0 aliphatic heterocycles. The first-order valence-corrected chi connectivity index (χ1v) is 5.83. The van der Waals surface area contributed by atoms with Crippen molar-refractivity contribution in [1.29, 1.82) is 0 Å². The molecule has 3 atom stereocenters. The van der Waals surface area contributed by atoms with Crippen LogP contribution in [0.25, 0.3) is 0 Å². The second-order valence-corrected chi connectivity index (χ2v) is 4.77. The minimum Gasteiger partial charge on any atom is -0.393 e. The van der Waals surface area contributed by atoms with E-state index in [1.54, 1.807) is 0 Å². The monoisotopic (exact) mass is 210 g/mol. The fourth-order valence-corrected chi connectivity index (χ4v) is 2.20. The average molecular weight is 210 g/mol. The van der Waals surface area contributed by atoms with Gasteiger partial charge in [-0.3, -0.25) is 4.52 Å². The number of hydrogen-bond acceptors (Lipinski definition) is 3. The Labute approximate surface area is 77.0 Å². The van der Waals surface area contributed by atoms with Crippen molar-refractivity contribution >= 4 is 7.82 Å². The topological polar surface area (TPSA) is 87.0 Å². The van der Waals surface area contributed by atoms with Crippen molar-refractivity contribution in [3.63, 3.8) is 0 Å². The van der Waals surface area contributed by atoms with Crippen LogP contribution in [0.1, 0.15) is 26.2 Å². The molecule has 1 aliphatic carbocycles. The molecule has 78 valence electrons. The van der Waals surface area contributed by atoms with E-state index in [0.717, 1.165) is 0 Å². The number of aliphatic hydroxyl groups is 1. The van der Waals surface area contributed by atoms with Gasteiger partial charge in [-0.2, -0.15) is 0 Å². The molecule has 0 bridgehead atoms. The van der Waals surface area contributed by atoms with Gasteiger partial charge in [0.25, 0.3) is 0 Å². The maximum Gasteiger partial charge on any atom is 0.469 e. The second kappa shape index (κ2) is 4.07. The molecule has 1 saturated carbocycles. The Morgan fingerprint density at radius 1 is 1.38 bits per heavy atom. The van der Waals surface area contributed by atoms with Gasteiger partial charge < -0.3 is 14.9 Å². The Morgan fingerprint density at radius 3 is 2.46 bits per heavy atom. The molecule has 0 radical (unpaired) electrons. The van der Waals surface area contributed by atoms with E-state index in [1.165, 1.54) is 0 Å². The molecule has 0 aromatic rings. The van der Waals surface area contributed by atoms with Crippen LogP contribution in [0.4, 0.5) is 0 Å². The number of phosphoric ester groups is 1. The second-order valence-electron chi connectivity index (χ2n) is 3.58. The minimum absolute atomic E-state index is 0.0466. The molecule has 6 heteroatoms. The summed E-state index contributed by atoms with van der Waals surface area (Å²) in [6, 6.07) is 0. The third-order valence-electron chi connectivity index (χ3n) is 2.36. The zero-order valence-electron chi connectivity index (χ0n) is 7.46. The summed E-state index contributed by atoms with van der Waals surface area (Å²) in [6.07, 6.45) is 0.783. The van der Waals surface area contributed by atoms with Gasteiger partial charge in [0.15, 0.2) is 0 Å². The number of aliphatic hydroxyl groups excluding tert-OH is 1. The number of phosphoric acid groups is 1. The quantitative estimate of drug-likeness (QED) is 0.582. The van der Waals surface area contributed by atoms with Crippen molar-refractivity contribution < 1.29 is 24.0 Å². The Kier molecular flexibility index (Phi) is 3.49. The maximum atomic E-state index is 10.5. The van der Waals surface area contributed by atoms with Crippen molar-refractivity contribution in [2.45, 2.75) is 38.4 Å². The highest BCUT2D eigenvalue weighted by Crippen LogP contribution is 2.41. The lowest BCUT2D eigenvalue weighted by Crippen LogP contribution is -2.30. The Hall–Kier alpha value is 0.0700. The molecule has 3 N–H and O–H groups in total. The van der Waals surface area contributed by atoms with E-state index in [4.69, 9.17) is 9.79 Å². The van der Waals surface area contributed by atoms with Crippen LogP contribution >= 0.6 is 7.82 Å². The third-order valence-corrected chi connectivity index (χ3v) is 2.94. The summed E-state index contributed by atoms with van der Waals surface area (Å²) in [6.45, 7) is 1.85. The minimum atomic E-state index is -4.36. The van der Waals surface area contributed by atoms with Gasteiger partial charge in [0.2, 0.25) is 0 Å². The zero-order valence-corrected chi connectivity index (χ0v) is 8.35. The van der Waals surface area contributed by atoms with Crippen LogP contribution in [0, 0.1) is 5.92 Å². The lowest BCUT2D eigenvalue weighted by atomic mass is 9.86. The van der Waals surface area contributed by atoms with Crippen LogP contribution in [-0.2, 0) is 9.09 Å². The summed E-state index contributed by atoms with van der Waals surface area (Å²) in [7, 11) is -4.36. The Balaban J connectivity index is 2.42. The fourth-order valence-electron chi connectivity index (χ4n) is 1.62.